The molecule has 5 aliphatic heterocycles. The molecule has 0 saturated carbocycles. The number of aliphatic hydroxyl groups excluding tert-OH is 1. The van der Waals surface area contributed by atoms with E-state index >= 15 is 8.42 Å². The number of carbonyl (C=O) groups is 1. The Hall–Kier alpha value is -1.31. The van der Waals surface area contributed by atoms with Crippen LogP contribution in [0.2, 0.25) is 18.1 Å². The summed E-state index contributed by atoms with van der Waals surface area (Å²) in [5.74, 6) is -0.0421. The molecule has 5 saturated heterocycles. The minimum atomic E-state index is -4.18. The number of carbonyl (C=O) groups excluding carboxylic acids is 1. The average Bonchev–Trinajstić information content (AvgIpc) is 3.84. The molecule has 396 valence electrons. The van der Waals surface area contributed by atoms with Gasteiger partial charge in [-0.05, 0) is 127 Å². The summed E-state index contributed by atoms with van der Waals surface area (Å²) in [4.78, 5) is 11.2. The number of hydrogen-bond donors (Lipinski definition) is 1. The van der Waals surface area contributed by atoms with Crippen LogP contribution in [0.5, 0.6) is 0 Å². The van der Waals surface area contributed by atoms with Gasteiger partial charge in [-0.1, -0.05) is 116 Å². The van der Waals surface area contributed by atoms with Gasteiger partial charge >= 0.3 is 0 Å². The van der Waals surface area contributed by atoms with Crippen molar-refractivity contribution in [3.05, 3.63) is 64.8 Å². The van der Waals surface area contributed by atoms with E-state index in [0.29, 0.717) is 38.0 Å². The van der Waals surface area contributed by atoms with Crippen LogP contribution in [0.15, 0.2) is 69.7 Å². The molecule has 6 unspecified atom stereocenters. The lowest BCUT2D eigenvalue weighted by atomic mass is 9.77. The van der Waals surface area contributed by atoms with Gasteiger partial charge in [0, 0.05) is 32.3 Å². The van der Waals surface area contributed by atoms with Gasteiger partial charge in [0.2, 0.25) is 0 Å². The maximum atomic E-state index is 15.4. The van der Waals surface area contributed by atoms with Crippen LogP contribution in [-0.4, -0.2) is 120 Å². The number of methoxy groups -OCH3 is 1. The van der Waals surface area contributed by atoms with Gasteiger partial charge in [-0.3, -0.25) is 0 Å². The SMILES string of the molecule is C=C1C[C@H](CCC=O)O[C@H]1CCC1C[C@@H](C)C(=C)[C@@H](C[C@@H]2O[C@H](C[C@H](C)CC)[C@H](OC)[C@H]2C(C(O)CC2CCC3O[C@@H]([C@H](/C=C/I)O[Si](C)(C)C(C)(C)C)[C@@H](C)[C@@H](C)C3O2)S(=O)(=O)c2ccccc2)O1. The number of fused-ring (bicyclic) bond motifs is 1. The lowest BCUT2D eigenvalue weighted by Crippen LogP contribution is -2.59. The second-order valence-corrected chi connectivity index (χ2v) is 30.9. The molecule has 6 rings (SSSR count). The Morgan fingerprint density at radius 3 is 2.26 bits per heavy atom. The average molecular weight is 1130 g/mol. The first-order valence-corrected chi connectivity index (χ1v) is 32.3. The number of rotatable bonds is 22. The van der Waals surface area contributed by atoms with Gasteiger partial charge in [-0.15, -0.1) is 0 Å². The van der Waals surface area contributed by atoms with E-state index in [9.17, 15) is 9.90 Å². The van der Waals surface area contributed by atoms with E-state index in [2.05, 4.69) is 110 Å². The van der Waals surface area contributed by atoms with E-state index in [4.69, 9.17) is 32.8 Å². The molecule has 1 aromatic rings. The molecular weight excluding hydrogens is 1040 g/mol. The third kappa shape index (κ3) is 13.6. The normalized spacial score (nSPS) is 36.2. The summed E-state index contributed by atoms with van der Waals surface area (Å²) >= 11 is 2.27. The lowest BCUT2D eigenvalue weighted by molar-refractivity contribution is -0.240. The Morgan fingerprint density at radius 1 is 0.914 bits per heavy atom. The molecule has 5 fully saturated rings. The van der Waals surface area contributed by atoms with Gasteiger partial charge in [-0.25, -0.2) is 8.42 Å². The third-order valence-corrected chi connectivity index (χ3v) is 24.6. The molecule has 0 bridgehead atoms. The molecule has 11 nitrogen and oxygen atoms in total. The second-order valence-electron chi connectivity index (χ2n) is 23.3. The van der Waals surface area contributed by atoms with E-state index in [1.807, 2.05) is 10.1 Å². The van der Waals surface area contributed by atoms with E-state index in [1.54, 1.807) is 31.4 Å². The summed E-state index contributed by atoms with van der Waals surface area (Å²) in [5, 5.41) is 11.6. The van der Waals surface area contributed by atoms with E-state index in [1.165, 1.54) is 0 Å². The van der Waals surface area contributed by atoms with Crippen molar-refractivity contribution in [2.24, 2.45) is 29.6 Å². The molecule has 0 aromatic heterocycles. The molecule has 5 aliphatic rings. The molecule has 70 heavy (non-hydrogen) atoms. The van der Waals surface area contributed by atoms with Gasteiger partial charge in [0.15, 0.2) is 18.2 Å². The Morgan fingerprint density at radius 2 is 1.61 bits per heavy atom. The van der Waals surface area contributed by atoms with E-state index < -0.39 is 65.9 Å². The van der Waals surface area contributed by atoms with Crippen molar-refractivity contribution in [2.45, 2.75) is 240 Å². The maximum absolute atomic E-state index is 15.4. The quantitative estimate of drug-likeness (QED) is 0.0514. The largest absolute Gasteiger partial charge is 0.408 e. The Bertz CT molecular complexity index is 2010. The molecule has 0 radical (unpaired) electrons. The van der Waals surface area contributed by atoms with Crippen molar-refractivity contribution >= 4 is 47.0 Å². The first-order valence-electron chi connectivity index (χ1n) is 26.6. The van der Waals surface area contributed by atoms with Crippen LogP contribution in [0.3, 0.4) is 0 Å². The maximum Gasteiger partial charge on any atom is 0.193 e. The van der Waals surface area contributed by atoms with E-state index in [-0.39, 0.29) is 76.8 Å². The standard InChI is InChI=1S/C56H89IO11SSi/c1-14-34(2)29-50-54(62-11)51(49(66-50)33-48-37(5)35(3)30-41(64-48)22-24-45-36(4)31-40(63-45)19-18-28-58)55(69(60,61)43-20-16-15-17-21-43)44(59)32-42-23-25-46-52(65-42)38(6)39(7)53(67-46)47(26-27-57)68-70(12,13)56(8,9)10/h15-17,20-21,26-28,34-35,38-42,44-55,59H,4-5,14,18-19,22-25,29-33H2,1-3,6-13H3/b27-26+/t34-,35-,38-,39+,40+,41?,42?,44?,45+,46?,47+,48-,49+,50-,51+,52?,53-,54+,55?/m1/s1. The topological polar surface area (TPSA) is 136 Å². The fourth-order valence-electron chi connectivity index (χ4n) is 11.8. The van der Waals surface area contributed by atoms with Crippen molar-refractivity contribution in [2.75, 3.05) is 7.11 Å². The molecule has 0 amide bonds. The van der Waals surface area contributed by atoms with Crippen LogP contribution in [0.25, 0.3) is 0 Å². The van der Waals surface area contributed by atoms with Crippen molar-refractivity contribution in [3.63, 3.8) is 0 Å². The predicted octanol–water partition coefficient (Wildman–Crippen LogP) is 11.6. The number of aldehydes is 1. The summed E-state index contributed by atoms with van der Waals surface area (Å²) < 4.78 is 80.5. The highest BCUT2D eigenvalue weighted by Gasteiger charge is 2.57. The Balaban J connectivity index is 1.25. The minimum Gasteiger partial charge on any atom is -0.408 e. The summed E-state index contributed by atoms with van der Waals surface area (Å²) in [6.07, 6.45) is 6.24. The van der Waals surface area contributed by atoms with Crippen molar-refractivity contribution in [1.29, 1.82) is 0 Å². The number of halogens is 1. The predicted molar refractivity (Wildman–Crippen MR) is 288 cm³/mol. The molecule has 5 heterocycles. The molecule has 0 spiro atoms. The molecule has 14 heteroatoms. The van der Waals surface area contributed by atoms with Gasteiger partial charge in [0.25, 0.3) is 0 Å². The van der Waals surface area contributed by atoms with Crippen LogP contribution >= 0.6 is 22.6 Å². The van der Waals surface area contributed by atoms with E-state index in [0.717, 1.165) is 56.0 Å². The van der Waals surface area contributed by atoms with Crippen molar-refractivity contribution < 1.29 is 51.2 Å². The number of aliphatic hydroxyl groups is 1. The van der Waals surface area contributed by atoms with Gasteiger partial charge < -0.3 is 42.7 Å². The van der Waals surface area contributed by atoms with Gasteiger partial charge in [0.05, 0.1) is 89.5 Å². The Labute approximate surface area is 437 Å². The summed E-state index contributed by atoms with van der Waals surface area (Å²) in [6, 6.07) is 8.53. The van der Waals surface area contributed by atoms with Crippen LogP contribution in [-0.2, 0) is 47.5 Å². The first kappa shape index (κ1) is 58.0. The number of benzene rings is 1. The summed E-state index contributed by atoms with van der Waals surface area (Å²) in [7, 11) is -4.67. The van der Waals surface area contributed by atoms with Crippen LogP contribution < -0.4 is 0 Å². The molecular formula is C56H89IO11SSi. The number of hydrogen-bond acceptors (Lipinski definition) is 11. The molecule has 1 aromatic carbocycles. The van der Waals surface area contributed by atoms with Gasteiger partial charge in [-0.2, -0.15) is 0 Å². The molecule has 0 aliphatic carbocycles. The highest BCUT2D eigenvalue weighted by molar-refractivity contribution is 14.1. The minimum absolute atomic E-state index is 0.0161. The summed E-state index contributed by atoms with van der Waals surface area (Å²) in [6.45, 7) is 31.2. The van der Waals surface area contributed by atoms with Crippen molar-refractivity contribution in [1.82, 2.24) is 0 Å². The zero-order chi connectivity index (χ0) is 51.3. The smallest absolute Gasteiger partial charge is 0.193 e. The van der Waals surface area contributed by atoms with Gasteiger partial charge in [0.1, 0.15) is 6.29 Å². The summed E-state index contributed by atoms with van der Waals surface area (Å²) in [5.41, 5.74) is 2.03. The fourth-order valence-corrected chi connectivity index (χ4v) is 15.6. The Kier molecular flexibility index (Phi) is 20.7. The van der Waals surface area contributed by atoms with Crippen LogP contribution in [0.4, 0.5) is 0 Å². The number of sulfone groups is 1. The fraction of sp³-hybridized carbons (Fsp3) is 0.768. The monoisotopic (exact) mass is 1120 g/mol. The van der Waals surface area contributed by atoms with Crippen molar-refractivity contribution in [3.8, 4) is 0 Å². The first-order chi connectivity index (χ1) is 33.0. The number of ether oxygens (including phenoxy) is 6. The highest BCUT2D eigenvalue weighted by atomic mass is 127. The van der Waals surface area contributed by atoms with Crippen LogP contribution in [0.1, 0.15) is 132 Å². The zero-order valence-electron chi connectivity index (χ0n) is 44.3. The molecule has 1 N–H and O–H groups in total. The zero-order valence-corrected chi connectivity index (χ0v) is 48.3. The molecule has 19 atom stereocenters. The third-order valence-electron chi connectivity index (χ3n) is 17.5. The van der Waals surface area contributed by atoms with Crippen LogP contribution in [0, 0.1) is 29.6 Å². The lowest BCUT2D eigenvalue weighted by Gasteiger charge is -2.51. The highest BCUT2D eigenvalue weighted by Crippen LogP contribution is 2.47. The second kappa shape index (κ2) is 25.0.